The number of benzene rings is 1. The number of nitrogens with one attached hydrogen (secondary N) is 1. The summed E-state index contributed by atoms with van der Waals surface area (Å²) in [6, 6.07) is 6.32. The Morgan fingerprint density at radius 3 is 2.63 bits per heavy atom. The first-order chi connectivity index (χ1) is 9.17. The molecule has 0 heterocycles. The first-order valence-electron chi connectivity index (χ1n) is 6.34. The van der Waals surface area contributed by atoms with Crippen LogP contribution in [-0.2, 0) is 0 Å². The van der Waals surface area contributed by atoms with Crippen molar-refractivity contribution in [3.8, 4) is 0 Å². The van der Waals surface area contributed by atoms with Crippen molar-refractivity contribution in [3.63, 3.8) is 0 Å². The van der Waals surface area contributed by atoms with Crippen LogP contribution in [0.3, 0.4) is 0 Å². The number of rotatable bonds is 5. The fourth-order valence-corrected chi connectivity index (χ4v) is 1.94. The summed E-state index contributed by atoms with van der Waals surface area (Å²) in [6.07, 6.45) is 9.41. The fraction of sp³-hybridized carbons (Fsp3) is 0.176. The van der Waals surface area contributed by atoms with Gasteiger partial charge >= 0.3 is 0 Å². The van der Waals surface area contributed by atoms with Crippen LogP contribution < -0.4 is 11.1 Å². The lowest BCUT2D eigenvalue weighted by Gasteiger charge is -2.13. The molecule has 0 aliphatic rings. The highest BCUT2D eigenvalue weighted by Gasteiger charge is 2.07. The van der Waals surface area contributed by atoms with Gasteiger partial charge in [0.25, 0.3) is 0 Å². The van der Waals surface area contributed by atoms with E-state index in [1.54, 1.807) is 12.3 Å². The monoisotopic (exact) mass is 254 g/mol. The standard InChI is InChI=1S/C17H22N2/c1-5-7-8-14-11-15(10-9-13(14)3)16(12-18)17(6-2)19-4/h5-12,19H,1,18H2,2-4H3/b8-7-,16-12-,17-6-. The summed E-state index contributed by atoms with van der Waals surface area (Å²) in [7, 11) is 1.89. The van der Waals surface area contributed by atoms with E-state index < -0.39 is 0 Å². The quantitative estimate of drug-likeness (QED) is 0.788. The van der Waals surface area contributed by atoms with Crippen LogP contribution in [0.5, 0.6) is 0 Å². The molecule has 0 bridgehead atoms. The molecule has 2 nitrogen and oxygen atoms in total. The maximum atomic E-state index is 5.77. The van der Waals surface area contributed by atoms with Crippen molar-refractivity contribution >= 4 is 11.6 Å². The van der Waals surface area contributed by atoms with E-state index in [4.69, 9.17) is 5.73 Å². The van der Waals surface area contributed by atoms with E-state index in [9.17, 15) is 0 Å². The summed E-state index contributed by atoms with van der Waals surface area (Å²) < 4.78 is 0. The van der Waals surface area contributed by atoms with Crippen molar-refractivity contribution in [3.05, 3.63) is 71.6 Å². The second-order valence-electron chi connectivity index (χ2n) is 4.20. The number of hydrogen-bond donors (Lipinski definition) is 2. The van der Waals surface area contributed by atoms with Crippen LogP contribution in [0.15, 0.2) is 54.9 Å². The predicted octanol–water partition coefficient (Wildman–Crippen LogP) is 3.62. The highest BCUT2D eigenvalue weighted by Crippen LogP contribution is 2.23. The number of likely N-dealkylation sites (N-methyl/N-ethyl adjacent to an activating group) is 1. The zero-order valence-corrected chi connectivity index (χ0v) is 11.9. The third-order valence-electron chi connectivity index (χ3n) is 3.02. The van der Waals surface area contributed by atoms with Crippen molar-refractivity contribution in [2.45, 2.75) is 13.8 Å². The first-order valence-corrected chi connectivity index (χ1v) is 6.34. The zero-order valence-electron chi connectivity index (χ0n) is 11.9. The molecular formula is C17H22N2. The molecule has 0 saturated carbocycles. The van der Waals surface area contributed by atoms with Gasteiger partial charge in [-0.25, -0.2) is 0 Å². The second kappa shape index (κ2) is 7.27. The molecule has 1 aromatic carbocycles. The van der Waals surface area contributed by atoms with E-state index >= 15 is 0 Å². The molecule has 0 aliphatic carbocycles. The summed E-state index contributed by atoms with van der Waals surface area (Å²) >= 11 is 0. The Bertz CT molecular complexity index is 534. The van der Waals surface area contributed by atoms with E-state index in [-0.39, 0.29) is 0 Å². The molecule has 3 N–H and O–H groups in total. The van der Waals surface area contributed by atoms with E-state index in [1.807, 2.05) is 26.1 Å². The van der Waals surface area contributed by atoms with Gasteiger partial charge in [0, 0.05) is 24.5 Å². The van der Waals surface area contributed by atoms with Crippen LogP contribution in [0.1, 0.15) is 23.6 Å². The van der Waals surface area contributed by atoms with Gasteiger partial charge in [-0.1, -0.05) is 43.0 Å². The minimum atomic E-state index is 0.998. The molecule has 1 rings (SSSR count). The Hall–Kier alpha value is -2.22. The SMILES string of the molecule is C=C/C=C\c1cc(C(=C/N)/C(=C/C)NC)ccc1C. The van der Waals surface area contributed by atoms with Crippen molar-refractivity contribution in [2.75, 3.05) is 7.05 Å². The minimum absolute atomic E-state index is 0.998. The summed E-state index contributed by atoms with van der Waals surface area (Å²) in [5.41, 5.74) is 11.3. The molecule has 0 saturated heterocycles. The largest absolute Gasteiger partial charge is 0.404 e. The van der Waals surface area contributed by atoms with Crippen LogP contribution in [0.2, 0.25) is 0 Å². The molecule has 0 aromatic heterocycles. The van der Waals surface area contributed by atoms with E-state index in [1.165, 1.54) is 11.1 Å². The van der Waals surface area contributed by atoms with Gasteiger partial charge in [0.15, 0.2) is 0 Å². The first kappa shape index (κ1) is 14.8. The average molecular weight is 254 g/mol. The van der Waals surface area contributed by atoms with Gasteiger partial charge in [-0.05, 0) is 36.6 Å². The lowest BCUT2D eigenvalue weighted by Crippen LogP contribution is -2.09. The smallest absolute Gasteiger partial charge is 0.0388 e. The summed E-state index contributed by atoms with van der Waals surface area (Å²) in [4.78, 5) is 0. The number of nitrogens with two attached hydrogens (primary N) is 1. The third kappa shape index (κ3) is 3.62. The predicted molar refractivity (Wildman–Crippen MR) is 85.4 cm³/mol. The minimum Gasteiger partial charge on any atom is -0.404 e. The number of aryl methyl sites for hydroxylation is 1. The molecule has 0 unspecified atom stereocenters. The number of allylic oxidation sites excluding steroid dienone is 4. The highest BCUT2D eigenvalue weighted by atomic mass is 14.8. The van der Waals surface area contributed by atoms with Crippen LogP contribution >= 0.6 is 0 Å². The van der Waals surface area contributed by atoms with Crippen LogP contribution in [0.4, 0.5) is 0 Å². The maximum Gasteiger partial charge on any atom is 0.0388 e. The molecule has 1 aromatic rings. The molecule has 0 spiro atoms. The van der Waals surface area contributed by atoms with Crippen molar-refractivity contribution in [1.29, 1.82) is 0 Å². The van der Waals surface area contributed by atoms with Gasteiger partial charge in [-0.15, -0.1) is 0 Å². The van der Waals surface area contributed by atoms with Gasteiger partial charge in [-0.2, -0.15) is 0 Å². The van der Waals surface area contributed by atoms with Crippen molar-refractivity contribution < 1.29 is 0 Å². The van der Waals surface area contributed by atoms with Gasteiger partial charge in [0.1, 0.15) is 0 Å². The van der Waals surface area contributed by atoms with Gasteiger partial charge in [-0.3, -0.25) is 0 Å². The Kier molecular flexibility index (Phi) is 5.68. The van der Waals surface area contributed by atoms with Crippen LogP contribution in [0, 0.1) is 6.92 Å². The molecule has 2 heteroatoms. The highest BCUT2D eigenvalue weighted by molar-refractivity contribution is 5.79. The number of hydrogen-bond acceptors (Lipinski definition) is 2. The van der Waals surface area contributed by atoms with Gasteiger partial charge < -0.3 is 11.1 Å². The lowest BCUT2D eigenvalue weighted by molar-refractivity contribution is 1.03. The Labute approximate surface area is 116 Å². The Morgan fingerprint density at radius 1 is 1.37 bits per heavy atom. The molecule has 0 fully saturated rings. The topological polar surface area (TPSA) is 38.0 Å². The van der Waals surface area contributed by atoms with E-state index in [2.05, 4.69) is 43.1 Å². The lowest BCUT2D eigenvalue weighted by atomic mass is 9.98. The summed E-state index contributed by atoms with van der Waals surface area (Å²) in [5, 5.41) is 3.16. The Morgan fingerprint density at radius 2 is 2.11 bits per heavy atom. The van der Waals surface area contributed by atoms with E-state index in [0.717, 1.165) is 16.8 Å². The second-order valence-corrected chi connectivity index (χ2v) is 4.20. The van der Waals surface area contributed by atoms with Crippen molar-refractivity contribution in [2.24, 2.45) is 5.73 Å². The molecule has 100 valence electrons. The summed E-state index contributed by atoms with van der Waals surface area (Å²) in [6.45, 7) is 7.78. The van der Waals surface area contributed by atoms with Crippen LogP contribution in [-0.4, -0.2) is 7.05 Å². The Balaban J connectivity index is 3.27. The zero-order chi connectivity index (χ0) is 14.3. The van der Waals surface area contributed by atoms with E-state index in [0.29, 0.717) is 0 Å². The molecule has 19 heavy (non-hydrogen) atoms. The molecule has 0 amide bonds. The van der Waals surface area contributed by atoms with Gasteiger partial charge in [0.2, 0.25) is 0 Å². The third-order valence-corrected chi connectivity index (χ3v) is 3.02. The average Bonchev–Trinajstić information content (AvgIpc) is 2.44. The molecular weight excluding hydrogens is 232 g/mol. The molecule has 0 radical (unpaired) electrons. The maximum absolute atomic E-state index is 5.77. The summed E-state index contributed by atoms with van der Waals surface area (Å²) in [5.74, 6) is 0. The van der Waals surface area contributed by atoms with Crippen molar-refractivity contribution in [1.82, 2.24) is 5.32 Å². The molecule has 0 atom stereocenters. The van der Waals surface area contributed by atoms with Gasteiger partial charge in [0.05, 0.1) is 0 Å². The fourth-order valence-electron chi connectivity index (χ4n) is 1.94. The molecule has 0 aliphatic heterocycles. The normalized spacial score (nSPS) is 12.8. The van der Waals surface area contributed by atoms with Crippen LogP contribution in [0.25, 0.3) is 11.6 Å².